The fourth-order valence-corrected chi connectivity index (χ4v) is 2.70. The number of aliphatic hydroxyl groups excluding tert-OH is 1. The van der Waals surface area contributed by atoms with Crippen molar-refractivity contribution in [1.82, 2.24) is 5.32 Å². The van der Waals surface area contributed by atoms with Gasteiger partial charge in [-0.05, 0) is 44.4 Å². The molecule has 0 amide bonds. The molecular weight excluding hydrogens is 266 g/mol. The molecule has 0 radical (unpaired) electrons. The first-order valence-corrected chi connectivity index (χ1v) is 7.84. The summed E-state index contributed by atoms with van der Waals surface area (Å²) < 4.78 is 10.9. The second-order valence-corrected chi connectivity index (χ2v) is 5.88. The highest BCUT2D eigenvalue weighted by Gasteiger charge is 2.32. The number of nitrogens with one attached hydrogen (secondary N) is 1. The maximum Gasteiger partial charge on any atom is 0.119 e. The molecule has 0 bridgehead atoms. The topological polar surface area (TPSA) is 50.7 Å². The molecule has 1 aliphatic heterocycles. The van der Waals surface area contributed by atoms with Crippen molar-refractivity contribution < 1.29 is 14.6 Å². The minimum absolute atomic E-state index is 0.0300. The van der Waals surface area contributed by atoms with E-state index in [1.165, 1.54) is 5.56 Å². The van der Waals surface area contributed by atoms with Crippen LogP contribution in [0.2, 0.25) is 0 Å². The molecule has 118 valence electrons. The number of ether oxygens (including phenoxy) is 2. The van der Waals surface area contributed by atoms with Crippen LogP contribution in [-0.4, -0.2) is 38.1 Å². The molecule has 1 saturated heterocycles. The molecule has 2 N–H and O–H groups in total. The Morgan fingerprint density at radius 2 is 1.95 bits per heavy atom. The Balaban J connectivity index is 1.89. The largest absolute Gasteiger partial charge is 0.494 e. The SMILES string of the molecule is CCOc1ccc(C(C)NCC2(CO)CCOCC2)cc1. The van der Waals surface area contributed by atoms with Gasteiger partial charge < -0.3 is 19.9 Å². The molecule has 0 saturated carbocycles. The molecule has 1 aromatic carbocycles. The number of hydrogen-bond donors (Lipinski definition) is 2. The fraction of sp³-hybridized carbons (Fsp3) is 0.647. The molecule has 0 aliphatic carbocycles. The first-order chi connectivity index (χ1) is 10.2. The van der Waals surface area contributed by atoms with E-state index >= 15 is 0 Å². The Kier molecular flexibility index (Phi) is 6.03. The van der Waals surface area contributed by atoms with Crippen molar-refractivity contribution in [2.75, 3.05) is 33.0 Å². The van der Waals surface area contributed by atoms with Gasteiger partial charge in [0.05, 0.1) is 13.2 Å². The van der Waals surface area contributed by atoms with Gasteiger partial charge in [-0.15, -0.1) is 0 Å². The number of hydrogen-bond acceptors (Lipinski definition) is 4. The Hall–Kier alpha value is -1.10. The van der Waals surface area contributed by atoms with Gasteiger partial charge in [0.2, 0.25) is 0 Å². The van der Waals surface area contributed by atoms with E-state index in [1.54, 1.807) is 0 Å². The summed E-state index contributed by atoms with van der Waals surface area (Å²) in [5.41, 5.74) is 1.20. The second kappa shape index (κ2) is 7.78. The summed E-state index contributed by atoms with van der Waals surface area (Å²) in [4.78, 5) is 0. The number of benzene rings is 1. The monoisotopic (exact) mass is 293 g/mol. The highest BCUT2D eigenvalue weighted by Crippen LogP contribution is 2.30. The molecule has 4 nitrogen and oxygen atoms in total. The summed E-state index contributed by atoms with van der Waals surface area (Å²) in [6, 6.07) is 8.46. The molecular formula is C17H27NO3. The van der Waals surface area contributed by atoms with E-state index in [0.717, 1.165) is 38.3 Å². The Morgan fingerprint density at radius 3 is 2.52 bits per heavy atom. The third-order valence-electron chi connectivity index (χ3n) is 4.36. The third kappa shape index (κ3) is 4.43. The zero-order valence-corrected chi connectivity index (χ0v) is 13.1. The standard InChI is InChI=1S/C17H27NO3/c1-3-21-16-6-4-15(5-7-16)14(2)18-12-17(13-19)8-10-20-11-9-17/h4-7,14,18-19H,3,8-13H2,1-2H3. The Labute approximate surface area is 127 Å². The van der Waals surface area contributed by atoms with Crippen LogP contribution in [0.15, 0.2) is 24.3 Å². The predicted octanol–water partition coefficient (Wildman–Crippen LogP) is 2.53. The lowest BCUT2D eigenvalue weighted by atomic mass is 9.80. The lowest BCUT2D eigenvalue weighted by molar-refractivity contribution is -0.0163. The molecule has 1 heterocycles. The van der Waals surface area contributed by atoms with Gasteiger partial charge in [0.1, 0.15) is 5.75 Å². The predicted molar refractivity (Wildman–Crippen MR) is 83.6 cm³/mol. The van der Waals surface area contributed by atoms with Gasteiger partial charge in [0.15, 0.2) is 0 Å². The second-order valence-electron chi connectivity index (χ2n) is 5.88. The molecule has 21 heavy (non-hydrogen) atoms. The highest BCUT2D eigenvalue weighted by atomic mass is 16.5. The van der Waals surface area contributed by atoms with E-state index < -0.39 is 0 Å². The maximum absolute atomic E-state index is 9.71. The Bertz CT molecular complexity index is 413. The van der Waals surface area contributed by atoms with Crippen LogP contribution in [0, 0.1) is 5.41 Å². The fourth-order valence-electron chi connectivity index (χ4n) is 2.70. The molecule has 4 heteroatoms. The molecule has 1 fully saturated rings. The van der Waals surface area contributed by atoms with E-state index in [9.17, 15) is 5.11 Å². The lowest BCUT2D eigenvalue weighted by Gasteiger charge is -2.36. The first kappa shape index (κ1) is 16.3. The van der Waals surface area contributed by atoms with Crippen LogP contribution in [0.5, 0.6) is 5.75 Å². The summed E-state index contributed by atoms with van der Waals surface area (Å²) in [5, 5.41) is 13.3. The summed E-state index contributed by atoms with van der Waals surface area (Å²) in [7, 11) is 0. The molecule has 2 rings (SSSR count). The van der Waals surface area contributed by atoms with E-state index in [-0.39, 0.29) is 18.1 Å². The lowest BCUT2D eigenvalue weighted by Crippen LogP contribution is -2.42. The maximum atomic E-state index is 9.71. The van der Waals surface area contributed by atoms with Crippen molar-refractivity contribution in [3.8, 4) is 5.75 Å². The highest BCUT2D eigenvalue weighted by molar-refractivity contribution is 5.28. The molecule has 1 aliphatic rings. The van der Waals surface area contributed by atoms with Crippen molar-refractivity contribution in [3.05, 3.63) is 29.8 Å². The van der Waals surface area contributed by atoms with Gasteiger partial charge in [-0.3, -0.25) is 0 Å². The van der Waals surface area contributed by atoms with E-state index in [2.05, 4.69) is 24.4 Å². The summed E-state index contributed by atoms with van der Waals surface area (Å²) in [6.07, 6.45) is 1.85. The Morgan fingerprint density at radius 1 is 1.29 bits per heavy atom. The zero-order valence-electron chi connectivity index (χ0n) is 13.1. The number of aliphatic hydroxyl groups is 1. The van der Waals surface area contributed by atoms with Gasteiger partial charge >= 0.3 is 0 Å². The van der Waals surface area contributed by atoms with Crippen LogP contribution < -0.4 is 10.1 Å². The van der Waals surface area contributed by atoms with Crippen LogP contribution in [-0.2, 0) is 4.74 Å². The normalized spacial score (nSPS) is 19.2. The zero-order chi connectivity index (χ0) is 15.1. The van der Waals surface area contributed by atoms with Crippen molar-refractivity contribution in [2.45, 2.75) is 32.7 Å². The van der Waals surface area contributed by atoms with Crippen molar-refractivity contribution in [2.24, 2.45) is 5.41 Å². The van der Waals surface area contributed by atoms with Crippen LogP contribution in [0.1, 0.15) is 38.3 Å². The average molecular weight is 293 g/mol. The average Bonchev–Trinajstić information content (AvgIpc) is 2.54. The van der Waals surface area contributed by atoms with Gasteiger partial charge in [-0.25, -0.2) is 0 Å². The quantitative estimate of drug-likeness (QED) is 0.811. The van der Waals surface area contributed by atoms with Crippen LogP contribution in [0.3, 0.4) is 0 Å². The van der Waals surface area contributed by atoms with Crippen LogP contribution >= 0.6 is 0 Å². The molecule has 0 aromatic heterocycles. The smallest absolute Gasteiger partial charge is 0.119 e. The van der Waals surface area contributed by atoms with Crippen LogP contribution in [0.4, 0.5) is 0 Å². The molecule has 1 atom stereocenters. The minimum Gasteiger partial charge on any atom is -0.494 e. The van der Waals surface area contributed by atoms with Gasteiger partial charge in [-0.2, -0.15) is 0 Å². The number of rotatable bonds is 7. The van der Waals surface area contributed by atoms with Gasteiger partial charge in [-0.1, -0.05) is 12.1 Å². The molecule has 0 spiro atoms. The molecule has 1 unspecified atom stereocenters. The van der Waals surface area contributed by atoms with Crippen molar-refractivity contribution >= 4 is 0 Å². The van der Waals surface area contributed by atoms with E-state index in [0.29, 0.717) is 6.61 Å². The van der Waals surface area contributed by atoms with Gasteiger partial charge in [0, 0.05) is 31.2 Å². The third-order valence-corrected chi connectivity index (χ3v) is 4.36. The minimum atomic E-state index is -0.0300. The first-order valence-electron chi connectivity index (χ1n) is 7.84. The van der Waals surface area contributed by atoms with Crippen molar-refractivity contribution in [3.63, 3.8) is 0 Å². The summed E-state index contributed by atoms with van der Waals surface area (Å²) >= 11 is 0. The van der Waals surface area contributed by atoms with Gasteiger partial charge in [0.25, 0.3) is 0 Å². The van der Waals surface area contributed by atoms with Crippen LogP contribution in [0.25, 0.3) is 0 Å². The van der Waals surface area contributed by atoms with Crippen molar-refractivity contribution in [1.29, 1.82) is 0 Å². The van der Waals surface area contributed by atoms with E-state index in [4.69, 9.17) is 9.47 Å². The summed E-state index contributed by atoms with van der Waals surface area (Å²) in [6.45, 7) is 7.37. The summed E-state index contributed by atoms with van der Waals surface area (Å²) in [5.74, 6) is 0.907. The van der Waals surface area contributed by atoms with E-state index in [1.807, 2.05) is 19.1 Å². The molecule has 1 aromatic rings.